The van der Waals surface area contributed by atoms with E-state index in [1.54, 1.807) is 11.3 Å². The van der Waals surface area contributed by atoms with Gasteiger partial charge in [-0.1, -0.05) is 158 Å². The van der Waals surface area contributed by atoms with Crippen LogP contribution >= 0.6 is 11.3 Å². The molecule has 282 valence electrons. The molecule has 61 heavy (non-hydrogen) atoms. The molecule has 0 fully saturated rings. The number of hydrogen-bond donors (Lipinski definition) is 0. The third-order valence-corrected chi connectivity index (χ3v) is 14.0. The van der Waals surface area contributed by atoms with Crippen molar-refractivity contribution in [1.29, 1.82) is 0 Å². The lowest BCUT2D eigenvalue weighted by Gasteiger charge is -2.13. The van der Waals surface area contributed by atoms with Crippen LogP contribution in [0, 0.1) is 0 Å². The molecule has 0 saturated carbocycles. The van der Waals surface area contributed by atoms with Crippen LogP contribution in [0.1, 0.15) is 0 Å². The van der Waals surface area contributed by atoms with Gasteiger partial charge in [0.1, 0.15) is 4.83 Å². The van der Waals surface area contributed by atoms with Crippen LogP contribution in [0.5, 0.6) is 0 Å². The highest BCUT2D eigenvalue weighted by atomic mass is 32.1. The summed E-state index contributed by atoms with van der Waals surface area (Å²) in [7, 11) is 0. The minimum Gasteiger partial charge on any atom is -0.309 e. The highest BCUT2D eigenvalue weighted by Crippen LogP contribution is 2.46. The molecule has 4 nitrogen and oxygen atoms in total. The Kier molecular flexibility index (Phi) is 6.68. The van der Waals surface area contributed by atoms with Crippen molar-refractivity contribution >= 4 is 118 Å². The lowest BCUT2D eigenvalue weighted by Crippen LogP contribution is -2.03. The molecule has 0 aliphatic carbocycles. The second-order valence-corrected chi connectivity index (χ2v) is 17.1. The molecule has 4 heterocycles. The Balaban J connectivity index is 1.15. The fraction of sp³-hybridized carbons (Fsp3) is 0. The van der Waals surface area contributed by atoms with E-state index in [-0.39, 0.29) is 0 Å². The molecule has 0 aliphatic heterocycles. The minimum atomic E-state index is 0.665. The van der Waals surface area contributed by atoms with E-state index in [0.29, 0.717) is 5.95 Å². The van der Waals surface area contributed by atoms with Crippen LogP contribution in [0.15, 0.2) is 194 Å². The van der Waals surface area contributed by atoms with Gasteiger partial charge in [0.25, 0.3) is 0 Å². The predicted molar refractivity (Wildman–Crippen MR) is 259 cm³/mol. The molecule has 14 aromatic rings. The number of nitrogens with zero attached hydrogens (tertiary/aromatic N) is 4. The van der Waals surface area contributed by atoms with Crippen LogP contribution in [-0.2, 0) is 0 Å². The Morgan fingerprint density at radius 2 is 0.967 bits per heavy atom. The first-order valence-corrected chi connectivity index (χ1v) is 21.6. The van der Waals surface area contributed by atoms with Crippen molar-refractivity contribution < 1.29 is 0 Å². The van der Waals surface area contributed by atoms with E-state index in [4.69, 9.17) is 9.97 Å². The lowest BCUT2D eigenvalue weighted by molar-refractivity contribution is 1.02. The molecule has 14 rings (SSSR count). The number of hydrogen-bond acceptors (Lipinski definition) is 3. The summed E-state index contributed by atoms with van der Waals surface area (Å²) in [5.74, 6) is 0.665. The summed E-state index contributed by atoms with van der Waals surface area (Å²) < 4.78 is 5.93. The number of rotatable bonds is 3. The van der Waals surface area contributed by atoms with Gasteiger partial charge in [0.2, 0.25) is 5.95 Å². The van der Waals surface area contributed by atoms with Gasteiger partial charge >= 0.3 is 0 Å². The fourth-order valence-electron chi connectivity index (χ4n) is 10.4. The Morgan fingerprint density at radius 3 is 1.79 bits per heavy atom. The first-order valence-electron chi connectivity index (χ1n) is 20.8. The fourth-order valence-corrected chi connectivity index (χ4v) is 11.4. The molecule has 0 unspecified atom stereocenters. The van der Waals surface area contributed by atoms with Gasteiger partial charge in [-0.05, 0) is 68.7 Å². The van der Waals surface area contributed by atoms with Crippen molar-refractivity contribution in [1.82, 2.24) is 19.1 Å². The third kappa shape index (κ3) is 4.53. The number of fused-ring (bicyclic) bond motifs is 18. The van der Waals surface area contributed by atoms with Gasteiger partial charge in [-0.25, -0.2) is 9.97 Å². The molecule has 0 aliphatic rings. The maximum Gasteiger partial charge on any atom is 0.236 e. The van der Waals surface area contributed by atoms with Gasteiger partial charge in [0.15, 0.2) is 0 Å². The molecular formula is C56H32N4S. The number of para-hydroxylation sites is 2. The van der Waals surface area contributed by atoms with Gasteiger partial charge < -0.3 is 4.57 Å². The Morgan fingerprint density at radius 1 is 0.361 bits per heavy atom. The first kappa shape index (κ1) is 33.0. The standard InChI is InChI=1S/C56H32N4S/c1-2-15-35(16-3-1)59-46-24-12-10-21-40(46)41-28-27-34(32-48(41)59)53-52-44-23-11-13-25-49(44)61-55(52)58-56(57-53)60-47-31-30-43-39-20-7-6-18-37(39)38-19-8-9-22-42(38)50(43)51(47)45-29-26-33-14-4-5-17-36(33)54(45)60/h1-32H. The zero-order valence-electron chi connectivity index (χ0n) is 32.7. The number of thiophene rings is 1. The van der Waals surface area contributed by atoms with Crippen molar-refractivity contribution in [2.24, 2.45) is 0 Å². The van der Waals surface area contributed by atoms with Gasteiger partial charge in [0, 0.05) is 59.0 Å². The molecule has 0 atom stereocenters. The lowest BCUT2D eigenvalue weighted by atomic mass is 9.91. The summed E-state index contributed by atoms with van der Waals surface area (Å²) in [6, 6.07) is 70.6. The Hall–Kier alpha value is -7.86. The van der Waals surface area contributed by atoms with Crippen molar-refractivity contribution in [2.45, 2.75) is 0 Å². The maximum atomic E-state index is 5.75. The van der Waals surface area contributed by atoms with Crippen LogP contribution in [0.25, 0.3) is 130 Å². The molecule has 10 aromatic carbocycles. The second-order valence-electron chi connectivity index (χ2n) is 16.1. The maximum absolute atomic E-state index is 5.75. The Bertz CT molecular complexity index is 4140. The van der Waals surface area contributed by atoms with E-state index in [2.05, 4.69) is 203 Å². The van der Waals surface area contributed by atoms with Gasteiger partial charge in [-0.2, -0.15) is 0 Å². The second kappa shape index (κ2) is 12.3. The predicted octanol–water partition coefficient (Wildman–Crippen LogP) is 15.3. The highest BCUT2D eigenvalue weighted by Gasteiger charge is 2.24. The summed E-state index contributed by atoms with van der Waals surface area (Å²) in [6.07, 6.45) is 0. The van der Waals surface area contributed by atoms with Crippen LogP contribution < -0.4 is 0 Å². The van der Waals surface area contributed by atoms with Gasteiger partial charge in [0.05, 0.1) is 27.8 Å². The summed E-state index contributed by atoms with van der Waals surface area (Å²) in [4.78, 5) is 12.3. The van der Waals surface area contributed by atoms with Crippen LogP contribution in [-0.4, -0.2) is 19.1 Å². The van der Waals surface area contributed by atoms with E-state index in [1.807, 2.05) is 0 Å². The SMILES string of the molecule is c1ccc(-n2c3ccccc3c3ccc(-c4nc(-n5c6ccc7c8ccccc8c8ccccc8c7c6c6ccc7ccccc7c65)nc5sc6ccccc6c45)cc32)cc1. The molecule has 4 aromatic heterocycles. The molecular weight excluding hydrogens is 761 g/mol. The summed E-state index contributed by atoms with van der Waals surface area (Å²) in [5, 5.41) is 17.0. The van der Waals surface area contributed by atoms with Gasteiger partial charge in [-0.15, -0.1) is 11.3 Å². The molecule has 5 heteroatoms. The van der Waals surface area contributed by atoms with Crippen LogP contribution in [0.3, 0.4) is 0 Å². The smallest absolute Gasteiger partial charge is 0.236 e. The van der Waals surface area contributed by atoms with E-state index in [9.17, 15) is 0 Å². The Labute approximate surface area is 352 Å². The van der Waals surface area contributed by atoms with Crippen molar-refractivity contribution in [3.05, 3.63) is 194 Å². The van der Waals surface area contributed by atoms with E-state index < -0.39 is 0 Å². The summed E-state index contributed by atoms with van der Waals surface area (Å²) in [5.41, 5.74) is 7.64. The molecule has 0 radical (unpaired) electrons. The van der Waals surface area contributed by atoms with Crippen molar-refractivity contribution in [3.8, 4) is 22.9 Å². The first-order chi connectivity index (χ1) is 30.3. The van der Waals surface area contributed by atoms with Crippen LogP contribution in [0.2, 0.25) is 0 Å². The van der Waals surface area contributed by atoms with E-state index >= 15 is 0 Å². The van der Waals surface area contributed by atoms with Crippen LogP contribution in [0.4, 0.5) is 0 Å². The van der Waals surface area contributed by atoms with Gasteiger partial charge in [-0.3, -0.25) is 4.57 Å². The molecule has 0 bridgehead atoms. The normalized spacial score (nSPS) is 12.3. The zero-order valence-corrected chi connectivity index (χ0v) is 33.5. The highest BCUT2D eigenvalue weighted by molar-refractivity contribution is 7.25. The monoisotopic (exact) mass is 792 g/mol. The molecule has 0 N–H and O–H groups in total. The van der Waals surface area contributed by atoms with Crippen molar-refractivity contribution in [2.75, 3.05) is 0 Å². The third-order valence-electron chi connectivity index (χ3n) is 12.9. The molecule has 0 amide bonds. The topological polar surface area (TPSA) is 35.6 Å². The quantitative estimate of drug-likeness (QED) is 0.167. The van der Waals surface area contributed by atoms with Crippen molar-refractivity contribution in [3.63, 3.8) is 0 Å². The molecule has 0 spiro atoms. The number of aromatic nitrogens is 4. The average molecular weight is 793 g/mol. The number of benzene rings is 10. The summed E-state index contributed by atoms with van der Waals surface area (Å²) in [6.45, 7) is 0. The average Bonchev–Trinajstić information content (AvgIpc) is 3.99. The van der Waals surface area contributed by atoms with E-state index in [0.717, 1.165) is 43.7 Å². The summed E-state index contributed by atoms with van der Waals surface area (Å²) >= 11 is 1.74. The van der Waals surface area contributed by atoms with E-state index in [1.165, 1.54) is 80.2 Å². The minimum absolute atomic E-state index is 0.665. The largest absolute Gasteiger partial charge is 0.309 e. The zero-order chi connectivity index (χ0) is 39.8. The molecule has 0 saturated heterocycles.